The second-order valence-corrected chi connectivity index (χ2v) is 4.65. The summed E-state index contributed by atoms with van der Waals surface area (Å²) in [5.41, 5.74) is 5.47. The number of hydrogen-bond acceptors (Lipinski definition) is 4. The van der Waals surface area contributed by atoms with E-state index in [1.165, 1.54) is 24.3 Å². The number of carboxylic acid groups (broad SMARTS) is 1. The van der Waals surface area contributed by atoms with Gasteiger partial charge in [0.2, 0.25) is 5.91 Å². The third-order valence-corrected chi connectivity index (χ3v) is 3.22. The maximum absolute atomic E-state index is 12.3. The Morgan fingerprint density at radius 1 is 1.25 bits per heavy atom. The van der Waals surface area contributed by atoms with Gasteiger partial charge in [-0.25, -0.2) is 4.79 Å². The first-order valence-corrected chi connectivity index (χ1v) is 6.02. The second kappa shape index (κ2) is 5.30. The van der Waals surface area contributed by atoms with Gasteiger partial charge < -0.3 is 20.8 Å². The lowest BCUT2D eigenvalue weighted by molar-refractivity contribution is -0.141. The maximum Gasteiger partial charge on any atom is 0.326 e. The SMILES string of the molecule is NC(=O)c1cccc(C(=O)N2C[C@H](O)C[C@@H]2C(=O)O)c1. The van der Waals surface area contributed by atoms with Gasteiger partial charge >= 0.3 is 5.97 Å². The highest BCUT2D eigenvalue weighted by Crippen LogP contribution is 2.21. The Balaban J connectivity index is 2.28. The van der Waals surface area contributed by atoms with Gasteiger partial charge in [-0.3, -0.25) is 9.59 Å². The molecule has 7 heteroatoms. The highest BCUT2D eigenvalue weighted by atomic mass is 16.4. The van der Waals surface area contributed by atoms with Crippen LogP contribution in [0.2, 0.25) is 0 Å². The van der Waals surface area contributed by atoms with Gasteiger partial charge in [-0.15, -0.1) is 0 Å². The molecule has 7 nitrogen and oxygen atoms in total. The first-order valence-electron chi connectivity index (χ1n) is 6.02. The summed E-state index contributed by atoms with van der Waals surface area (Å²) in [6, 6.07) is 4.68. The summed E-state index contributed by atoms with van der Waals surface area (Å²) in [5, 5.41) is 18.6. The summed E-state index contributed by atoms with van der Waals surface area (Å²) in [5.74, 6) is -2.38. The van der Waals surface area contributed by atoms with Crippen LogP contribution in [-0.2, 0) is 4.79 Å². The standard InChI is InChI=1S/C13H14N2O5/c14-11(17)7-2-1-3-8(4-7)12(18)15-6-9(16)5-10(15)13(19)20/h1-4,9-10,16H,5-6H2,(H2,14,17)(H,19,20)/t9-,10-/m1/s1. The molecule has 2 amide bonds. The highest BCUT2D eigenvalue weighted by molar-refractivity contribution is 6.00. The second-order valence-electron chi connectivity index (χ2n) is 4.65. The number of likely N-dealkylation sites (tertiary alicyclic amines) is 1. The number of nitrogens with two attached hydrogens (primary N) is 1. The van der Waals surface area contributed by atoms with Gasteiger partial charge in [0.25, 0.3) is 5.91 Å². The molecule has 1 aromatic carbocycles. The van der Waals surface area contributed by atoms with Crippen LogP contribution in [0.25, 0.3) is 0 Å². The van der Waals surface area contributed by atoms with Crippen molar-refractivity contribution in [3.05, 3.63) is 35.4 Å². The van der Waals surface area contributed by atoms with E-state index in [1.54, 1.807) is 0 Å². The molecule has 20 heavy (non-hydrogen) atoms. The number of benzene rings is 1. The van der Waals surface area contributed by atoms with Gasteiger partial charge in [0.05, 0.1) is 6.10 Å². The molecule has 0 aromatic heterocycles. The summed E-state index contributed by atoms with van der Waals surface area (Å²) < 4.78 is 0. The molecule has 1 heterocycles. The number of β-amino-alcohol motifs (C(OH)–C–C–N with tert-alkyl or cyclic N) is 1. The van der Waals surface area contributed by atoms with Crippen molar-refractivity contribution >= 4 is 17.8 Å². The van der Waals surface area contributed by atoms with Crippen LogP contribution in [0, 0.1) is 0 Å². The van der Waals surface area contributed by atoms with E-state index in [4.69, 9.17) is 10.8 Å². The van der Waals surface area contributed by atoms with E-state index < -0.39 is 29.9 Å². The van der Waals surface area contributed by atoms with E-state index in [0.717, 1.165) is 4.90 Å². The van der Waals surface area contributed by atoms with Gasteiger partial charge in [-0.2, -0.15) is 0 Å². The van der Waals surface area contributed by atoms with E-state index in [2.05, 4.69) is 0 Å². The first kappa shape index (κ1) is 14.0. The lowest BCUT2D eigenvalue weighted by Crippen LogP contribution is -2.40. The number of aliphatic hydroxyl groups is 1. The Labute approximate surface area is 114 Å². The number of carbonyl (C=O) groups excluding carboxylic acids is 2. The van der Waals surface area contributed by atoms with Gasteiger partial charge in [-0.1, -0.05) is 6.07 Å². The molecular weight excluding hydrogens is 264 g/mol. The average molecular weight is 278 g/mol. The minimum atomic E-state index is -1.17. The van der Waals surface area contributed by atoms with Crippen LogP contribution in [0.4, 0.5) is 0 Å². The van der Waals surface area contributed by atoms with Crippen LogP contribution < -0.4 is 5.73 Å². The predicted octanol–water partition coefficient (Wildman–Crippen LogP) is -0.554. The zero-order valence-electron chi connectivity index (χ0n) is 10.5. The number of carboxylic acids is 1. The number of rotatable bonds is 3. The number of aliphatic hydroxyl groups excluding tert-OH is 1. The molecular formula is C13H14N2O5. The van der Waals surface area contributed by atoms with Crippen molar-refractivity contribution in [2.75, 3.05) is 6.54 Å². The lowest BCUT2D eigenvalue weighted by atomic mass is 10.1. The van der Waals surface area contributed by atoms with Crippen LogP contribution in [0.1, 0.15) is 27.1 Å². The van der Waals surface area contributed by atoms with Crippen molar-refractivity contribution in [2.45, 2.75) is 18.6 Å². The fourth-order valence-corrected chi connectivity index (χ4v) is 2.24. The minimum absolute atomic E-state index is 0.00339. The molecule has 106 valence electrons. The van der Waals surface area contributed by atoms with E-state index in [9.17, 15) is 19.5 Å². The predicted molar refractivity (Wildman–Crippen MR) is 68.0 cm³/mol. The number of amides is 2. The number of hydrogen-bond donors (Lipinski definition) is 3. The van der Waals surface area contributed by atoms with Crippen LogP contribution in [-0.4, -0.2) is 51.6 Å². The maximum atomic E-state index is 12.3. The fourth-order valence-electron chi connectivity index (χ4n) is 2.24. The Hall–Kier alpha value is -2.41. The normalized spacial score (nSPS) is 21.8. The highest BCUT2D eigenvalue weighted by Gasteiger charge is 2.39. The van der Waals surface area contributed by atoms with E-state index in [-0.39, 0.29) is 24.1 Å². The number of nitrogens with zero attached hydrogens (tertiary/aromatic N) is 1. The molecule has 0 aliphatic carbocycles. The molecule has 0 saturated carbocycles. The van der Waals surface area contributed by atoms with Crippen molar-refractivity contribution in [1.29, 1.82) is 0 Å². The minimum Gasteiger partial charge on any atom is -0.480 e. The first-order chi connectivity index (χ1) is 9.40. The Morgan fingerprint density at radius 2 is 1.90 bits per heavy atom. The zero-order chi connectivity index (χ0) is 14.9. The Kier molecular flexibility index (Phi) is 3.71. The summed E-state index contributed by atoms with van der Waals surface area (Å²) in [6.45, 7) is -0.0450. The smallest absolute Gasteiger partial charge is 0.326 e. The van der Waals surface area contributed by atoms with Gasteiger partial charge in [0, 0.05) is 24.1 Å². The van der Waals surface area contributed by atoms with Crippen LogP contribution in [0.5, 0.6) is 0 Å². The van der Waals surface area contributed by atoms with Gasteiger partial charge in [0.15, 0.2) is 0 Å². The van der Waals surface area contributed by atoms with Crippen LogP contribution >= 0.6 is 0 Å². The topological polar surface area (TPSA) is 121 Å². The number of primary amides is 1. The molecule has 1 fully saturated rings. The number of aliphatic carboxylic acids is 1. The average Bonchev–Trinajstić information content (AvgIpc) is 2.80. The molecule has 1 aromatic rings. The lowest BCUT2D eigenvalue weighted by Gasteiger charge is -2.21. The largest absolute Gasteiger partial charge is 0.480 e. The molecule has 0 bridgehead atoms. The molecule has 4 N–H and O–H groups in total. The van der Waals surface area contributed by atoms with Crippen molar-refractivity contribution in [1.82, 2.24) is 4.90 Å². The Bertz CT molecular complexity index is 572. The summed E-state index contributed by atoms with van der Waals surface area (Å²) in [7, 11) is 0. The molecule has 1 aliphatic heterocycles. The molecule has 0 spiro atoms. The zero-order valence-corrected chi connectivity index (χ0v) is 10.5. The third kappa shape index (κ3) is 2.62. The van der Waals surface area contributed by atoms with Crippen LogP contribution in [0.15, 0.2) is 24.3 Å². The van der Waals surface area contributed by atoms with E-state index in [0.29, 0.717) is 0 Å². The van der Waals surface area contributed by atoms with E-state index in [1.807, 2.05) is 0 Å². The third-order valence-electron chi connectivity index (χ3n) is 3.22. The van der Waals surface area contributed by atoms with Crippen molar-refractivity contribution < 1.29 is 24.6 Å². The summed E-state index contributed by atoms with van der Waals surface area (Å²) in [4.78, 5) is 35.5. The Morgan fingerprint density at radius 3 is 2.50 bits per heavy atom. The molecule has 0 radical (unpaired) electrons. The van der Waals surface area contributed by atoms with Gasteiger partial charge in [-0.05, 0) is 18.2 Å². The van der Waals surface area contributed by atoms with Crippen molar-refractivity contribution in [3.63, 3.8) is 0 Å². The quantitative estimate of drug-likeness (QED) is 0.684. The van der Waals surface area contributed by atoms with E-state index >= 15 is 0 Å². The summed E-state index contributed by atoms with van der Waals surface area (Å²) in [6.07, 6.45) is -0.865. The van der Waals surface area contributed by atoms with Crippen molar-refractivity contribution in [2.24, 2.45) is 5.73 Å². The molecule has 2 rings (SSSR count). The molecule has 1 saturated heterocycles. The van der Waals surface area contributed by atoms with Gasteiger partial charge in [0.1, 0.15) is 6.04 Å². The van der Waals surface area contributed by atoms with Crippen molar-refractivity contribution in [3.8, 4) is 0 Å². The molecule has 0 unspecified atom stereocenters. The fraction of sp³-hybridized carbons (Fsp3) is 0.308. The number of carbonyl (C=O) groups is 3. The molecule has 1 aliphatic rings. The molecule has 2 atom stereocenters. The van der Waals surface area contributed by atoms with Crippen LogP contribution in [0.3, 0.4) is 0 Å². The summed E-state index contributed by atoms with van der Waals surface area (Å²) >= 11 is 0. The monoisotopic (exact) mass is 278 g/mol.